The number of carboxylic acids is 1. The molecule has 1 N–H and O–H groups in total. The lowest BCUT2D eigenvalue weighted by atomic mass is 10.1. The zero-order valence-electron chi connectivity index (χ0n) is 10.8. The Morgan fingerprint density at radius 2 is 2.28 bits per heavy atom. The van der Waals surface area contributed by atoms with Crippen molar-refractivity contribution >= 4 is 12.1 Å². The molecule has 2 fully saturated rings. The summed E-state index contributed by atoms with van der Waals surface area (Å²) in [6, 6.07) is -0.163. The average Bonchev–Trinajstić information content (AvgIpc) is 2.87. The average molecular weight is 256 g/mol. The lowest BCUT2D eigenvalue weighted by molar-refractivity contribution is -0.141. The minimum Gasteiger partial charge on any atom is -0.480 e. The number of amides is 1. The summed E-state index contributed by atoms with van der Waals surface area (Å²) < 4.78 is 4.83. The molecule has 6 nitrogen and oxygen atoms in total. The first-order valence-corrected chi connectivity index (χ1v) is 6.42. The van der Waals surface area contributed by atoms with Crippen molar-refractivity contribution in [3.8, 4) is 0 Å². The molecule has 102 valence electrons. The molecule has 2 rings (SSSR count). The summed E-state index contributed by atoms with van der Waals surface area (Å²) in [7, 11) is 0. The van der Waals surface area contributed by atoms with Crippen LogP contribution in [0.1, 0.15) is 26.7 Å². The van der Waals surface area contributed by atoms with Crippen LogP contribution in [0.25, 0.3) is 0 Å². The third-order valence-corrected chi connectivity index (χ3v) is 3.75. The summed E-state index contributed by atoms with van der Waals surface area (Å²) in [4.78, 5) is 26.3. The summed E-state index contributed by atoms with van der Waals surface area (Å²) in [5.74, 6) is -0.991. The van der Waals surface area contributed by atoms with Gasteiger partial charge in [-0.1, -0.05) is 0 Å². The molecule has 2 unspecified atom stereocenters. The van der Waals surface area contributed by atoms with Crippen molar-refractivity contribution in [3.63, 3.8) is 0 Å². The molecule has 0 aromatic rings. The van der Waals surface area contributed by atoms with Crippen molar-refractivity contribution in [2.75, 3.05) is 19.7 Å². The second-order valence-electron chi connectivity index (χ2n) is 5.21. The summed E-state index contributed by atoms with van der Waals surface area (Å²) in [5.41, 5.74) is 0. The molecule has 6 heteroatoms. The van der Waals surface area contributed by atoms with Crippen molar-refractivity contribution in [1.82, 2.24) is 9.80 Å². The van der Waals surface area contributed by atoms with E-state index in [1.807, 2.05) is 0 Å². The molecule has 0 aromatic carbocycles. The van der Waals surface area contributed by atoms with E-state index in [1.54, 1.807) is 0 Å². The monoisotopic (exact) mass is 256 g/mol. The van der Waals surface area contributed by atoms with Gasteiger partial charge in [-0.15, -0.1) is 0 Å². The maximum Gasteiger partial charge on any atom is 0.410 e. The number of nitrogens with zero attached hydrogens (tertiary/aromatic N) is 2. The highest BCUT2D eigenvalue weighted by Crippen LogP contribution is 2.23. The predicted octanol–water partition coefficient (Wildman–Crippen LogP) is 0.765. The van der Waals surface area contributed by atoms with Gasteiger partial charge in [-0.05, 0) is 33.2 Å². The third-order valence-electron chi connectivity index (χ3n) is 3.75. The summed E-state index contributed by atoms with van der Waals surface area (Å²) in [6.07, 6.45) is 1.61. The molecule has 2 atom stereocenters. The summed E-state index contributed by atoms with van der Waals surface area (Å²) in [5, 5.41) is 9.06. The van der Waals surface area contributed by atoms with Crippen LogP contribution in [0.15, 0.2) is 0 Å². The van der Waals surface area contributed by atoms with Crippen molar-refractivity contribution < 1.29 is 19.4 Å². The number of ether oxygens (including phenoxy) is 1. The highest BCUT2D eigenvalue weighted by atomic mass is 16.6. The fourth-order valence-electron chi connectivity index (χ4n) is 2.82. The largest absolute Gasteiger partial charge is 0.480 e. The van der Waals surface area contributed by atoms with E-state index in [4.69, 9.17) is 9.84 Å². The Morgan fingerprint density at radius 3 is 2.89 bits per heavy atom. The first-order chi connectivity index (χ1) is 8.50. The molecule has 0 aromatic heterocycles. The molecular formula is C12H20N2O4. The molecule has 0 bridgehead atoms. The topological polar surface area (TPSA) is 70.1 Å². The number of likely N-dealkylation sites (tertiary alicyclic amines) is 1. The van der Waals surface area contributed by atoms with Crippen molar-refractivity contribution in [2.24, 2.45) is 0 Å². The first kappa shape index (κ1) is 13.1. The Bertz CT molecular complexity index is 345. The lowest BCUT2D eigenvalue weighted by Gasteiger charge is -2.31. The van der Waals surface area contributed by atoms with Crippen LogP contribution in [0.5, 0.6) is 0 Å². The Hall–Kier alpha value is -1.30. The molecule has 2 saturated heterocycles. The second kappa shape index (κ2) is 5.14. The Labute approximate surface area is 106 Å². The van der Waals surface area contributed by atoms with E-state index in [0.29, 0.717) is 12.6 Å². The van der Waals surface area contributed by atoms with Crippen LogP contribution in [0.3, 0.4) is 0 Å². The van der Waals surface area contributed by atoms with Gasteiger partial charge in [0.25, 0.3) is 0 Å². The van der Waals surface area contributed by atoms with Crippen molar-refractivity contribution in [1.29, 1.82) is 0 Å². The van der Waals surface area contributed by atoms with Gasteiger partial charge in [-0.2, -0.15) is 0 Å². The van der Waals surface area contributed by atoms with Gasteiger partial charge in [0.2, 0.25) is 0 Å². The molecule has 18 heavy (non-hydrogen) atoms. The summed E-state index contributed by atoms with van der Waals surface area (Å²) >= 11 is 0. The number of hydrogen-bond acceptors (Lipinski definition) is 4. The van der Waals surface area contributed by atoms with Gasteiger partial charge in [0.05, 0.1) is 0 Å². The van der Waals surface area contributed by atoms with Gasteiger partial charge in [-0.3, -0.25) is 9.80 Å². The van der Waals surface area contributed by atoms with E-state index in [1.165, 1.54) is 4.90 Å². The van der Waals surface area contributed by atoms with Crippen LogP contribution in [-0.4, -0.2) is 64.8 Å². The number of cyclic esters (lactones) is 1. The molecule has 1 amide bonds. The SMILES string of the molecule is CC(C)N1CCCC1CN1C(=O)OCC1C(=O)O. The molecule has 2 aliphatic heterocycles. The van der Waals surface area contributed by atoms with Crippen LogP contribution in [0.2, 0.25) is 0 Å². The smallest absolute Gasteiger partial charge is 0.410 e. The molecular weight excluding hydrogens is 236 g/mol. The Kier molecular flexibility index (Phi) is 3.75. The number of carboxylic acid groups (broad SMARTS) is 1. The molecule has 2 aliphatic rings. The van der Waals surface area contributed by atoms with E-state index in [2.05, 4.69) is 18.7 Å². The van der Waals surface area contributed by atoms with Crippen LogP contribution >= 0.6 is 0 Å². The normalized spacial score (nSPS) is 29.1. The van der Waals surface area contributed by atoms with Gasteiger partial charge in [0.15, 0.2) is 6.04 Å². The third kappa shape index (κ3) is 2.43. The van der Waals surface area contributed by atoms with Crippen LogP contribution < -0.4 is 0 Å². The van der Waals surface area contributed by atoms with Crippen LogP contribution in [0, 0.1) is 0 Å². The zero-order valence-corrected chi connectivity index (χ0v) is 10.8. The molecule has 2 heterocycles. The van der Waals surface area contributed by atoms with E-state index < -0.39 is 18.1 Å². The van der Waals surface area contributed by atoms with Gasteiger partial charge in [0.1, 0.15) is 6.61 Å². The van der Waals surface area contributed by atoms with Gasteiger partial charge in [-0.25, -0.2) is 9.59 Å². The number of rotatable bonds is 4. The second-order valence-corrected chi connectivity index (χ2v) is 5.21. The minimum absolute atomic E-state index is 0.0391. The fraction of sp³-hybridized carbons (Fsp3) is 0.833. The predicted molar refractivity (Wildman–Crippen MR) is 64.3 cm³/mol. The van der Waals surface area contributed by atoms with E-state index in [9.17, 15) is 9.59 Å². The van der Waals surface area contributed by atoms with Gasteiger partial charge >= 0.3 is 12.1 Å². The van der Waals surface area contributed by atoms with Crippen LogP contribution in [0.4, 0.5) is 4.79 Å². The van der Waals surface area contributed by atoms with Crippen LogP contribution in [-0.2, 0) is 9.53 Å². The fourth-order valence-corrected chi connectivity index (χ4v) is 2.82. The van der Waals surface area contributed by atoms with E-state index >= 15 is 0 Å². The summed E-state index contributed by atoms with van der Waals surface area (Å²) in [6.45, 7) is 5.67. The zero-order chi connectivity index (χ0) is 13.3. The van der Waals surface area contributed by atoms with Gasteiger partial charge in [0, 0.05) is 18.6 Å². The lowest BCUT2D eigenvalue weighted by Crippen LogP contribution is -2.48. The highest BCUT2D eigenvalue weighted by molar-refractivity contribution is 5.82. The molecule has 0 aliphatic carbocycles. The minimum atomic E-state index is -0.991. The quantitative estimate of drug-likeness (QED) is 0.804. The molecule has 0 saturated carbocycles. The number of carbonyl (C=O) groups is 2. The standard InChI is InChI=1S/C12H20N2O4/c1-8(2)13-5-3-4-9(13)6-14-10(11(15)16)7-18-12(14)17/h8-10H,3-7H2,1-2H3,(H,15,16). The van der Waals surface area contributed by atoms with E-state index in [-0.39, 0.29) is 12.6 Å². The molecule has 0 radical (unpaired) electrons. The van der Waals surface area contributed by atoms with Gasteiger partial charge < -0.3 is 9.84 Å². The number of aliphatic carboxylic acids is 1. The highest BCUT2D eigenvalue weighted by Gasteiger charge is 2.41. The Morgan fingerprint density at radius 1 is 1.56 bits per heavy atom. The van der Waals surface area contributed by atoms with E-state index in [0.717, 1.165) is 19.4 Å². The van der Waals surface area contributed by atoms with Crippen molar-refractivity contribution in [2.45, 2.75) is 44.8 Å². The molecule has 0 spiro atoms. The van der Waals surface area contributed by atoms with Crippen molar-refractivity contribution in [3.05, 3.63) is 0 Å². The maximum atomic E-state index is 11.6. The maximum absolute atomic E-state index is 11.6. The number of hydrogen-bond donors (Lipinski definition) is 1. The number of carbonyl (C=O) groups excluding carboxylic acids is 1. The first-order valence-electron chi connectivity index (χ1n) is 6.42. The Balaban J connectivity index is 2.03.